The Kier molecular flexibility index (Phi) is 2.55. The lowest BCUT2D eigenvalue weighted by molar-refractivity contribution is 0.822. The van der Waals surface area contributed by atoms with E-state index in [1.54, 1.807) is 0 Å². The van der Waals surface area contributed by atoms with Gasteiger partial charge in [0.15, 0.2) is 0 Å². The zero-order valence-corrected chi connectivity index (χ0v) is 9.88. The fraction of sp³-hybridized carbons (Fsp3) is 0.250. The summed E-state index contributed by atoms with van der Waals surface area (Å²) in [6, 6.07) is 10.4. The second-order valence-electron chi connectivity index (χ2n) is 3.71. The molecule has 0 N–H and O–H groups in total. The van der Waals surface area contributed by atoms with E-state index >= 15 is 0 Å². The topological polar surface area (TPSA) is 12.9 Å². The van der Waals surface area contributed by atoms with Gasteiger partial charge in [0, 0.05) is 11.1 Å². The van der Waals surface area contributed by atoms with Crippen molar-refractivity contribution in [2.24, 2.45) is 0 Å². The largest absolute Gasteiger partial charge is 0.245 e. The van der Waals surface area contributed by atoms with Crippen molar-refractivity contribution in [2.75, 3.05) is 0 Å². The number of hydrogen-bond acceptors (Lipinski definition) is 1. The molecule has 0 aliphatic carbocycles. The van der Waals surface area contributed by atoms with Gasteiger partial charge in [-0.2, -0.15) is 0 Å². The summed E-state index contributed by atoms with van der Waals surface area (Å²) in [6.45, 7) is 4.31. The highest BCUT2D eigenvalue weighted by atomic mass is 79.9. The van der Waals surface area contributed by atoms with Crippen LogP contribution in [0, 0.1) is 0 Å². The van der Waals surface area contributed by atoms with Gasteiger partial charge in [0.25, 0.3) is 0 Å². The molecule has 0 spiro atoms. The van der Waals surface area contributed by atoms with Gasteiger partial charge in [-0.05, 0) is 33.3 Å². The van der Waals surface area contributed by atoms with Crippen molar-refractivity contribution in [2.45, 2.75) is 19.8 Å². The van der Waals surface area contributed by atoms with Crippen LogP contribution in [0.5, 0.6) is 0 Å². The highest BCUT2D eigenvalue weighted by Crippen LogP contribution is 2.25. The molecule has 0 unspecified atom stereocenters. The number of benzene rings is 1. The molecule has 72 valence electrons. The Labute approximate surface area is 92.3 Å². The van der Waals surface area contributed by atoms with Gasteiger partial charge in [-0.15, -0.1) is 0 Å². The summed E-state index contributed by atoms with van der Waals surface area (Å²) in [6.07, 6.45) is 0. The summed E-state index contributed by atoms with van der Waals surface area (Å²) in [5, 5.41) is 2.43. The van der Waals surface area contributed by atoms with E-state index < -0.39 is 0 Å². The molecular formula is C12H12BrN. The van der Waals surface area contributed by atoms with Crippen LogP contribution in [-0.2, 0) is 0 Å². The molecule has 2 heteroatoms. The first-order chi connectivity index (χ1) is 6.68. The highest BCUT2D eigenvalue weighted by molar-refractivity contribution is 9.10. The maximum Gasteiger partial charge on any atom is 0.114 e. The maximum absolute atomic E-state index is 4.52. The monoisotopic (exact) mass is 249 g/mol. The molecule has 0 saturated carbocycles. The number of hydrogen-bond donors (Lipinski definition) is 0. The molecule has 1 aromatic carbocycles. The van der Waals surface area contributed by atoms with Crippen molar-refractivity contribution in [3.63, 3.8) is 0 Å². The van der Waals surface area contributed by atoms with Gasteiger partial charge in [-0.3, -0.25) is 0 Å². The van der Waals surface area contributed by atoms with E-state index in [-0.39, 0.29) is 0 Å². The quantitative estimate of drug-likeness (QED) is 0.693. The second-order valence-corrected chi connectivity index (χ2v) is 4.46. The molecular weight excluding hydrogens is 238 g/mol. The number of rotatable bonds is 1. The molecule has 0 radical (unpaired) electrons. The number of fused-ring (bicyclic) bond motifs is 1. The van der Waals surface area contributed by atoms with Crippen molar-refractivity contribution in [1.82, 2.24) is 4.98 Å². The van der Waals surface area contributed by atoms with Crippen molar-refractivity contribution in [1.29, 1.82) is 0 Å². The second kappa shape index (κ2) is 3.70. The third-order valence-corrected chi connectivity index (χ3v) is 2.91. The number of halogens is 1. The minimum absolute atomic E-state index is 0.468. The standard InChI is InChI=1S/C12H12BrN/c1-8(2)11-7-9-5-3-4-6-10(9)12(13)14-11/h3-8H,1-2H3. The Bertz CT molecular complexity index is 463. The van der Waals surface area contributed by atoms with Gasteiger partial charge in [-0.1, -0.05) is 38.1 Å². The molecule has 1 aromatic heterocycles. The van der Waals surface area contributed by atoms with E-state index in [4.69, 9.17) is 0 Å². The van der Waals surface area contributed by atoms with Crippen molar-refractivity contribution in [3.05, 3.63) is 40.6 Å². The maximum atomic E-state index is 4.52. The van der Waals surface area contributed by atoms with E-state index in [9.17, 15) is 0 Å². The molecule has 1 heterocycles. The molecule has 0 bridgehead atoms. The smallest absolute Gasteiger partial charge is 0.114 e. The molecule has 0 aliphatic heterocycles. The molecule has 0 saturated heterocycles. The van der Waals surface area contributed by atoms with E-state index in [1.807, 2.05) is 6.07 Å². The lowest BCUT2D eigenvalue weighted by Gasteiger charge is -2.07. The van der Waals surface area contributed by atoms with Crippen LogP contribution < -0.4 is 0 Å². The number of pyridine rings is 1. The highest BCUT2D eigenvalue weighted by Gasteiger charge is 2.05. The molecule has 0 fully saturated rings. The first-order valence-electron chi connectivity index (χ1n) is 4.73. The van der Waals surface area contributed by atoms with Gasteiger partial charge in [-0.25, -0.2) is 4.98 Å². The molecule has 2 rings (SSSR count). The average molecular weight is 250 g/mol. The first-order valence-corrected chi connectivity index (χ1v) is 5.53. The van der Waals surface area contributed by atoms with Gasteiger partial charge in [0.05, 0.1) is 0 Å². The Morgan fingerprint density at radius 2 is 1.93 bits per heavy atom. The van der Waals surface area contributed by atoms with Crippen LogP contribution in [-0.4, -0.2) is 4.98 Å². The summed E-state index contributed by atoms with van der Waals surface area (Å²) in [4.78, 5) is 4.52. The normalized spacial score (nSPS) is 11.1. The van der Waals surface area contributed by atoms with Crippen LogP contribution in [0.4, 0.5) is 0 Å². The molecule has 0 aliphatic rings. The molecule has 0 atom stereocenters. The lowest BCUT2D eigenvalue weighted by atomic mass is 10.1. The zero-order valence-electron chi connectivity index (χ0n) is 8.29. The molecule has 0 amide bonds. The van der Waals surface area contributed by atoms with Crippen LogP contribution in [0.15, 0.2) is 34.9 Å². The lowest BCUT2D eigenvalue weighted by Crippen LogP contribution is -1.93. The minimum atomic E-state index is 0.468. The van der Waals surface area contributed by atoms with Gasteiger partial charge in [0.2, 0.25) is 0 Å². The Morgan fingerprint density at radius 3 is 2.64 bits per heavy atom. The molecule has 14 heavy (non-hydrogen) atoms. The third kappa shape index (κ3) is 1.67. The van der Waals surface area contributed by atoms with Crippen molar-refractivity contribution < 1.29 is 0 Å². The van der Waals surface area contributed by atoms with E-state index in [0.29, 0.717) is 5.92 Å². The summed E-state index contributed by atoms with van der Waals surface area (Å²) in [5.74, 6) is 0.468. The first kappa shape index (κ1) is 9.66. The van der Waals surface area contributed by atoms with Gasteiger partial charge in [0.1, 0.15) is 4.60 Å². The summed E-state index contributed by atoms with van der Waals surface area (Å²) < 4.78 is 0.944. The Balaban J connectivity index is 2.72. The van der Waals surface area contributed by atoms with Crippen molar-refractivity contribution >= 4 is 26.7 Å². The molecule has 2 aromatic rings. The summed E-state index contributed by atoms with van der Waals surface area (Å²) in [7, 11) is 0. The number of aromatic nitrogens is 1. The van der Waals surface area contributed by atoms with Crippen LogP contribution >= 0.6 is 15.9 Å². The zero-order chi connectivity index (χ0) is 10.1. The SMILES string of the molecule is CC(C)c1cc2ccccc2c(Br)n1. The minimum Gasteiger partial charge on any atom is -0.245 e. The third-order valence-electron chi connectivity index (χ3n) is 2.31. The predicted molar refractivity (Wildman–Crippen MR) is 63.5 cm³/mol. The van der Waals surface area contributed by atoms with Crippen LogP contribution in [0.1, 0.15) is 25.5 Å². The van der Waals surface area contributed by atoms with E-state index in [1.165, 1.54) is 10.8 Å². The van der Waals surface area contributed by atoms with Crippen LogP contribution in [0.2, 0.25) is 0 Å². The summed E-state index contributed by atoms with van der Waals surface area (Å²) >= 11 is 3.50. The fourth-order valence-corrected chi connectivity index (χ4v) is 2.04. The van der Waals surface area contributed by atoms with Gasteiger partial charge < -0.3 is 0 Å². The predicted octanol–water partition coefficient (Wildman–Crippen LogP) is 4.12. The van der Waals surface area contributed by atoms with E-state index in [2.05, 4.69) is 59.0 Å². The van der Waals surface area contributed by atoms with Crippen LogP contribution in [0.3, 0.4) is 0 Å². The van der Waals surface area contributed by atoms with E-state index in [0.717, 1.165) is 10.3 Å². The molecule has 1 nitrogen and oxygen atoms in total. The summed E-state index contributed by atoms with van der Waals surface area (Å²) in [5.41, 5.74) is 1.13. The van der Waals surface area contributed by atoms with Gasteiger partial charge >= 0.3 is 0 Å². The van der Waals surface area contributed by atoms with Crippen molar-refractivity contribution in [3.8, 4) is 0 Å². The fourth-order valence-electron chi connectivity index (χ4n) is 1.47. The number of nitrogens with zero attached hydrogens (tertiary/aromatic N) is 1. The van der Waals surface area contributed by atoms with Crippen LogP contribution in [0.25, 0.3) is 10.8 Å². The Morgan fingerprint density at radius 1 is 1.21 bits per heavy atom. The Hall–Kier alpha value is -0.890. The average Bonchev–Trinajstić information content (AvgIpc) is 2.17.